The van der Waals surface area contributed by atoms with Gasteiger partial charge in [0.2, 0.25) is 0 Å². The summed E-state index contributed by atoms with van der Waals surface area (Å²) in [6.07, 6.45) is 2.70. The molecular weight excluding hydrogens is 241 g/mol. The highest BCUT2D eigenvalue weighted by Crippen LogP contribution is 2.31. The summed E-state index contributed by atoms with van der Waals surface area (Å²) in [6, 6.07) is 5.37. The maximum absolute atomic E-state index is 13.4. The number of nitrogens with zero attached hydrogens (tertiary/aromatic N) is 2. The number of H-pyrrole nitrogens is 1. The monoisotopic (exact) mass is 259 g/mol. The van der Waals surface area contributed by atoms with Crippen molar-refractivity contribution in [2.75, 3.05) is 6.54 Å². The lowest BCUT2D eigenvalue weighted by Gasteiger charge is -2.34. The van der Waals surface area contributed by atoms with Crippen molar-refractivity contribution in [2.24, 2.45) is 0 Å². The molecule has 4 heteroatoms. The van der Waals surface area contributed by atoms with E-state index in [9.17, 15) is 4.39 Å². The molecule has 0 spiro atoms. The quantitative estimate of drug-likeness (QED) is 0.899. The fourth-order valence-corrected chi connectivity index (χ4v) is 2.79. The number of imidazole rings is 1. The molecule has 1 N–H and O–H groups in total. The molecule has 1 aromatic carbocycles. The number of aryl methyl sites for hydroxylation is 1. The number of fused-ring (bicyclic) bond motifs is 1. The minimum absolute atomic E-state index is 0.150. The normalized spacial score (nSPS) is 19.4. The van der Waals surface area contributed by atoms with Crippen LogP contribution in [0.5, 0.6) is 0 Å². The fraction of sp³-hybridized carbons (Fsp3) is 0.400. The Balaban J connectivity index is 1.85. The third-order valence-corrected chi connectivity index (χ3v) is 4.06. The molecule has 1 aromatic heterocycles. The summed E-state index contributed by atoms with van der Waals surface area (Å²) in [5, 5.41) is 0. The van der Waals surface area contributed by atoms with Gasteiger partial charge >= 0.3 is 0 Å². The zero-order valence-electron chi connectivity index (χ0n) is 11.3. The molecule has 0 bridgehead atoms. The first-order valence-electron chi connectivity index (χ1n) is 6.66. The maximum Gasteiger partial charge on any atom is 0.123 e. The molecule has 1 aliphatic heterocycles. The molecule has 0 saturated heterocycles. The number of hydrogen-bond donors (Lipinski definition) is 1. The van der Waals surface area contributed by atoms with Gasteiger partial charge in [-0.3, -0.25) is 4.90 Å². The highest BCUT2D eigenvalue weighted by molar-refractivity contribution is 5.33. The lowest BCUT2D eigenvalue weighted by atomic mass is 9.93. The van der Waals surface area contributed by atoms with Gasteiger partial charge in [-0.15, -0.1) is 0 Å². The van der Waals surface area contributed by atoms with E-state index in [1.807, 2.05) is 13.0 Å². The summed E-state index contributed by atoms with van der Waals surface area (Å²) in [7, 11) is 0. The summed E-state index contributed by atoms with van der Waals surface area (Å²) in [6.45, 7) is 5.97. The van der Waals surface area contributed by atoms with Crippen LogP contribution >= 0.6 is 0 Å². The standard InChI is InChI=1S/C15H18FN3/c1-10-15(18-9-17-10)8-19-6-5-12-3-4-13(16)7-14(12)11(19)2/h3-4,7,9,11H,5-6,8H2,1-2H3,(H,17,18). The number of aromatic nitrogens is 2. The van der Waals surface area contributed by atoms with Crippen LogP contribution in [0.3, 0.4) is 0 Å². The van der Waals surface area contributed by atoms with E-state index in [1.54, 1.807) is 18.5 Å². The van der Waals surface area contributed by atoms with E-state index < -0.39 is 0 Å². The smallest absolute Gasteiger partial charge is 0.123 e. The number of rotatable bonds is 2. The van der Waals surface area contributed by atoms with E-state index in [1.165, 1.54) is 5.56 Å². The molecule has 2 heterocycles. The summed E-state index contributed by atoms with van der Waals surface area (Å²) >= 11 is 0. The lowest BCUT2D eigenvalue weighted by molar-refractivity contribution is 0.187. The van der Waals surface area contributed by atoms with E-state index in [4.69, 9.17) is 0 Å². The third kappa shape index (κ3) is 2.28. The van der Waals surface area contributed by atoms with Crippen molar-refractivity contribution in [3.05, 3.63) is 52.9 Å². The SMILES string of the molecule is Cc1[nH]cnc1CN1CCc2ccc(F)cc2C1C. The number of benzene rings is 1. The summed E-state index contributed by atoms with van der Waals surface area (Å²) in [4.78, 5) is 9.80. The van der Waals surface area contributed by atoms with Crippen LogP contribution in [0, 0.1) is 12.7 Å². The van der Waals surface area contributed by atoms with Crippen molar-refractivity contribution in [1.29, 1.82) is 0 Å². The second-order valence-electron chi connectivity index (χ2n) is 5.21. The first kappa shape index (κ1) is 12.4. The molecular formula is C15H18FN3. The molecule has 0 fully saturated rings. The van der Waals surface area contributed by atoms with Gasteiger partial charge in [-0.1, -0.05) is 6.07 Å². The minimum atomic E-state index is -0.150. The summed E-state index contributed by atoms with van der Waals surface area (Å²) in [5.74, 6) is -0.150. The Morgan fingerprint density at radius 1 is 1.47 bits per heavy atom. The van der Waals surface area contributed by atoms with E-state index in [2.05, 4.69) is 21.8 Å². The highest BCUT2D eigenvalue weighted by Gasteiger charge is 2.24. The van der Waals surface area contributed by atoms with Crippen LogP contribution in [0.1, 0.15) is 35.5 Å². The average Bonchev–Trinajstić information content (AvgIpc) is 2.79. The van der Waals surface area contributed by atoms with Crippen molar-refractivity contribution < 1.29 is 4.39 Å². The minimum Gasteiger partial charge on any atom is -0.348 e. The van der Waals surface area contributed by atoms with E-state index in [0.717, 1.165) is 36.5 Å². The Morgan fingerprint density at radius 2 is 2.32 bits per heavy atom. The molecule has 100 valence electrons. The highest BCUT2D eigenvalue weighted by atomic mass is 19.1. The topological polar surface area (TPSA) is 31.9 Å². The van der Waals surface area contributed by atoms with Gasteiger partial charge in [0, 0.05) is 24.8 Å². The fourth-order valence-electron chi connectivity index (χ4n) is 2.79. The van der Waals surface area contributed by atoms with Gasteiger partial charge in [-0.05, 0) is 43.5 Å². The molecule has 0 aliphatic carbocycles. The van der Waals surface area contributed by atoms with Crippen molar-refractivity contribution in [2.45, 2.75) is 32.9 Å². The predicted molar refractivity (Wildman–Crippen MR) is 72.3 cm³/mol. The van der Waals surface area contributed by atoms with Gasteiger partial charge in [0.1, 0.15) is 5.82 Å². The van der Waals surface area contributed by atoms with Crippen LogP contribution in [0.15, 0.2) is 24.5 Å². The molecule has 2 aromatic rings. The molecule has 0 amide bonds. The third-order valence-electron chi connectivity index (χ3n) is 4.06. The Bertz CT molecular complexity index is 591. The summed E-state index contributed by atoms with van der Waals surface area (Å²) in [5.41, 5.74) is 4.56. The van der Waals surface area contributed by atoms with Gasteiger partial charge in [-0.25, -0.2) is 9.37 Å². The van der Waals surface area contributed by atoms with Gasteiger partial charge in [0.15, 0.2) is 0 Å². The van der Waals surface area contributed by atoms with Crippen LogP contribution in [0.2, 0.25) is 0 Å². The van der Waals surface area contributed by atoms with Crippen molar-refractivity contribution in [1.82, 2.24) is 14.9 Å². The lowest BCUT2D eigenvalue weighted by Crippen LogP contribution is -2.33. The number of halogens is 1. The Morgan fingerprint density at radius 3 is 3.05 bits per heavy atom. The Hall–Kier alpha value is -1.68. The Labute approximate surface area is 112 Å². The molecule has 0 saturated carbocycles. The molecule has 1 atom stereocenters. The number of nitrogens with one attached hydrogen (secondary N) is 1. The molecule has 19 heavy (non-hydrogen) atoms. The van der Waals surface area contributed by atoms with E-state index in [-0.39, 0.29) is 11.9 Å². The second-order valence-corrected chi connectivity index (χ2v) is 5.21. The number of aromatic amines is 1. The number of hydrogen-bond acceptors (Lipinski definition) is 2. The molecule has 0 radical (unpaired) electrons. The van der Waals surface area contributed by atoms with Crippen LogP contribution in [-0.2, 0) is 13.0 Å². The molecule has 1 aliphatic rings. The molecule has 1 unspecified atom stereocenters. The Kier molecular flexibility index (Phi) is 3.11. The molecule has 3 nitrogen and oxygen atoms in total. The van der Waals surface area contributed by atoms with Gasteiger partial charge in [-0.2, -0.15) is 0 Å². The van der Waals surface area contributed by atoms with E-state index >= 15 is 0 Å². The van der Waals surface area contributed by atoms with Crippen LogP contribution in [-0.4, -0.2) is 21.4 Å². The maximum atomic E-state index is 13.4. The van der Waals surface area contributed by atoms with Gasteiger partial charge < -0.3 is 4.98 Å². The first-order valence-corrected chi connectivity index (χ1v) is 6.66. The van der Waals surface area contributed by atoms with Crippen molar-refractivity contribution in [3.63, 3.8) is 0 Å². The van der Waals surface area contributed by atoms with Crippen molar-refractivity contribution >= 4 is 0 Å². The van der Waals surface area contributed by atoms with Crippen LogP contribution in [0.4, 0.5) is 4.39 Å². The second kappa shape index (κ2) is 4.78. The molecule has 3 rings (SSSR count). The average molecular weight is 259 g/mol. The first-order chi connectivity index (χ1) is 9.15. The largest absolute Gasteiger partial charge is 0.348 e. The van der Waals surface area contributed by atoms with Crippen molar-refractivity contribution in [3.8, 4) is 0 Å². The summed E-state index contributed by atoms with van der Waals surface area (Å²) < 4.78 is 13.4. The zero-order chi connectivity index (χ0) is 13.4. The van der Waals surface area contributed by atoms with Crippen LogP contribution < -0.4 is 0 Å². The van der Waals surface area contributed by atoms with Gasteiger partial charge in [0.05, 0.1) is 12.0 Å². The zero-order valence-corrected chi connectivity index (χ0v) is 11.3. The van der Waals surface area contributed by atoms with Crippen LogP contribution in [0.25, 0.3) is 0 Å². The van der Waals surface area contributed by atoms with Gasteiger partial charge in [0.25, 0.3) is 0 Å². The predicted octanol–water partition coefficient (Wildman–Crippen LogP) is 2.98. The van der Waals surface area contributed by atoms with E-state index in [0.29, 0.717) is 0 Å².